The second-order valence-corrected chi connectivity index (χ2v) is 7.57. The molecule has 32 heavy (non-hydrogen) atoms. The molecule has 0 aliphatic carbocycles. The van der Waals surface area contributed by atoms with Gasteiger partial charge in [0.05, 0.1) is 24.0 Å². The van der Waals surface area contributed by atoms with Crippen LogP contribution in [-0.4, -0.2) is 46.6 Å². The number of phenolic OH excluding ortho intramolecular Hbond substituents is 1. The topological polar surface area (TPSA) is 114 Å². The number of carbonyl (C=O) groups excluding carboxylic acids is 2. The van der Waals surface area contributed by atoms with E-state index >= 15 is 0 Å². The lowest BCUT2D eigenvalue weighted by Crippen LogP contribution is -2.28. The van der Waals surface area contributed by atoms with Gasteiger partial charge in [-0.1, -0.05) is 12.1 Å². The fraction of sp³-hybridized carbons (Fsp3) is 0.217. The van der Waals surface area contributed by atoms with Gasteiger partial charge in [-0.2, -0.15) is 0 Å². The third-order valence-electron chi connectivity index (χ3n) is 5.36. The van der Waals surface area contributed by atoms with Gasteiger partial charge in [-0.15, -0.1) is 0 Å². The van der Waals surface area contributed by atoms with Crippen LogP contribution in [0.25, 0.3) is 11.4 Å². The normalized spacial score (nSPS) is 17.3. The Morgan fingerprint density at radius 3 is 2.62 bits per heavy atom. The van der Waals surface area contributed by atoms with E-state index in [9.17, 15) is 14.7 Å². The summed E-state index contributed by atoms with van der Waals surface area (Å²) in [6, 6.07) is 11.9. The molecule has 0 radical (unpaired) electrons. The molecule has 2 aliphatic rings. The second-order valence-electron chi connectivity index (χ2n) is 7.57. The second kappa shape index (κ2) is 8.18. The first-order valence-corrected chi connectivity index (χ1v) is 10.2. The standard InChI is InChI=1S/C23H20N4O5/c28-18-3-1-2-14(8-18)22-24-11-16(12-25-22)26-23(30)15-9-21(29)27(13-15)17-4-5-19-20(10-17)32-7-6-31-19/h1-5,8,10-12,15,28H,6-7,9,13H2,(H,26,30). The van der Waals surface area contributed by atoms with Gasteiger partial charge in [0.15, 0.2) is 17.3 Å². The van der Waals surface area contributed by atoms with Crippen LogP contribution in [0, 0.1) is 5.92 Å². The number of hydrogen-bond donors (Lipinski definition) is 2. The number of phenols is 1. The minimum Gasteiger partial charge on any atom is -0.508 e. The number of amides is 2. The number of carbonyl (C=O) groups is 2. The first-order valence-electron chi connectivity index (χ1n) is 10.2. The van der Waals surface area contributed by atoms with Crippen LogP contribution < -0.4 is 19.7 Å². The maximum atomic E-state index is 12.7. The Kier molecular flexibility index (Phi) is 5.06. The van der Waals surface area contributed by atoms with Crippen molar-refractivity contribution in [3.05, 3.63) is 54.9 Å². The Morgan fingerprint density at radius 1 is 1.06 bits per heavy atom. The quantitative estimate of drug-likeness (QED) is 0.651. The molecule has 3 heterocycles. The number of anilines is 2. The van der Waals surface area contributed by atoms with Gasteiger partial charge in [0.25, 0.3) is 0 Å². The van der Waals surface area contributed by atoms with Crippen LogP contribution in [0.15, 0.2) is 54.9 Å². The Morgan fingerprint density at radius 2 is 1.84 bits per heavy atom. The van der Waals surface area contributed by atoms with Crippen LogP contribution in [0.2, 0.25) is 0 Å². The zero-order chi connectivity index (χ0) is 22.1. The lowest BCUT2D eigenvalue weighted by Gasteiger charge is -2.22. The molecule has 2 amide bonds. The van der Waals surface area contributed by atoms with Gasteiger partial charge in [-0.25, -0.2) is 9.97 Å². The van der Waals surface area contributed by atoms with E-state index in [1.54, 1.807) is 47.4 Å². The lowest BCUT2D eigenvalue weighted by atomic mass is 10.1. The zero-order valence-electron chi connectivity index (χ0n) is 17.0. The average Bonchev–Trinajstić information content (AvgIpc) is 3.21. The largest absolute Gasteiger partial charge is 0.508 e. The van der Waals surface area contributed by atoms with Crippen LogP contribution in [-0.2, 0) is 9.59 Å². The Hall–Kier alpha value is -4.14. The van der Waals surface area contributed by atoms with Crippen molar-refractivity contribution in [3.8, 4) is 28.6 Å². The summed E-state index contributed by atoms with van der Waals surface area (Å²) >= 11 is 0. The highest BCUT2D eigenvalue weighted by Crippen LogP contribution is 2.36. The van der Waals surface area contributed by atoms with Crippen LogP contribution in [0.5, 0.6) is 17.2 Å². The van der Waals surface area contributed by atoms with E-state index in [0.717, 1.165) is 0 Å². The van der Waals surface area contributed by atoms with Gasteiger partial charge < -0.3 is 24.8 Å². The predicted molar refractivity (Wildman–Crippen MR) is 116 cm³/mol. The van der Waals surface area contributed by atoms with E-state index < -0.39 is 5.92 Å². The number of hydrogen-bond acceptors (Lipinski definition) is 7. The van der Waals surface area contributed by atoms with Crippen molar-refractivity contribution in [2.75, 3.05) is 30.0 Å². The highest BCUT2D eigenvalue weighted by atomic mass is 16.6. The third-order valence-corrected chi connectivity index (χ3v) is 5.36. The summed E-state index contributed by atoms with van der Waals surface area (Å²) in [5, 5.41) is 12.4. The first-order chi connectivity index (χ1) is 15.6. The van der Waals surface area contributed by atoms with Gasteiger partial charge in [0.1, 0.15) is 19.0 Å². The number of fused-ring (bicyclic) bond motifs is 1. The van der Waals surface area contributed by atoms with Gasteiger partial charge >= 0.3 is 0 Å². The Labute approximate surface area is 183 Å². The van der Waals surface area contributed by atoms with Crippen LogP contribution >= 0.6 is 0 Å². The van der Waals surface area contributed by atoms with Crippen molar-refractivity contribution in [3.63, 3.8) is 0 Å². The van der Waals surface area contributed by atoms with E-state index in [-0.39, 0.29) is 30.5 Å². The summed E-state index contributed by atoms with van der Waals surface area (Å²) in [5.41, 5.74) is 1.77. The molecule has 2 aliphatic heterocycles. The molecule has 9 nitrogen and oxygen atoms in total. The lowest BCUT2D eigenvalue weighted by molar-refractivity contribution is -0.122. The van der Waals surface area contributed by atoms with Crippen LogP contribution in [0.3, 0.4) is 0 Å². The Balaban J connectivity index is 1.25. The molecule has 1 atom stereocenters. The fourth-order valence-electron chi connectivity index (χ4n) is 3.76. The number of benzene rings is 2. The van der Waals surface area contributed by atoms with Crippen molar-refractivity contribution >= 4 is 23.2 Å². The van der Waals surface area contributed by atoms with E-state index in [1.807, 2.05) is 0 Å². The molecule has 0 spiro atoms. The van der Waals surface area contributed by atoms with Gasteiger partial charge in [0.2, 0.25) is 11.8 Å². The predicted octanol–water partition coefficient (Wildman–Crippen LogP) is 2.61. The average molecular weight is 432 g/mol. The zero-order valence-corrected chi connectivity index (χ0v) is 17.0. The smallest absolute Gasteiger partial charge is 0.229 e. The van der Waals surface area contributed by atoms with Crippen molar-refractivity contribution in [2.45, 2.75) is 6.42 Å². The molecular weight excluding hydrogens is 412 g/mol. The SMILES string of the molecule is O=C(Nc1cnc(-c2cccc(O)c2)nc1)C1CC(=O)N(c2ccc3c(c2)OCCO3)C1. The van der Waals surface area contributed by atoms with Crippen molar-refractivity contribution in [1.29, 1.82) is 0 Å². The summed E-state index contributed by atoms with van der Waals surface area (Å²) in [6.07, 6.45) is 3.11. The molecule has 5 rings (SSSR count). The molecule has 0 bridgehead atoms. The molecule has 0 saturated carbocycles. The van der Waals surface area contributed by atoms with E-state index in [1.165, 1.54) is 12.4 Å². The molecular formula is C23H20N4O5. The highest BCUT2D eigenvalue weighted by molar-refractivity contribution is 6.03. The van der Waals surface area contributed by atoms with Crippen LogP contribution in [0.4, 0.5) is 11.4 Å². The molecule has 1 unspecified atom stereocenters. The molecule has 9 heteroatoms. The summed E-state index contributed by atoms with van der Waals surface area (Å²) in [7, 11) is 0. The summed E-state index contributed by atoms with van der Waals surface area (Å²) < 4.78 is 11.1. The minimum absolute atomic E-state index is 0.114. The molecule has 1 aromatic heterocycles. The molecule has 162 valence electrons. The number of ether oxygens (including phenoxy) is 2. The van der Waals surface area contributed by atoms with Gasteiger partial charge in [-0.3, -0.25) is 9.59 Å². The number of nitrogens with zero attached hydrogens (tertiary/aromatic N) is 3. The van der Waals surface area contributed by atoms with Crippen molar-refractivity contribution < 1.29 is 24.2 Å². The molecule has 1 fully saturated rings. The first kappa shape index (κ1) is 19.8. The van der Waals surface area contributed by atoms with Crippen molar-refractivity contribution in [1.82, 2.24) is 9.97 Å². The monoisotopic (exact) mass is 432 g/mol. The number of aromatic hydroxyl groups is 1. The molecule has 2 N–H and O–H groups in total. The van der Waals surface area contributed by atoms with Gasteiger partial charge in [-0.05, 0) is 24.3 Å². The number of rotatable bonds is 4. The highest BCUT2D eigenvalue weighted by Gasteiger charge is 2.35. The van der Waals surface area contributed by atoms with Crippen molar-refractivity contribution in [2.24, 2.45) is 5.92 Å². The summed E-state index contributed by atoms with van der Waals surface area (Å²) in [6.45, 7) is 1.23. The van der Waals surface area contributed by atoms with Gasteiger partial charge in [0, 0.05) is 30.3 Å². The minimum atomic E-state index is -0.499. The maximum Gasteiger partial charge on any atom is 0.229 e. The third kappa shape index (κ3) is 3.92. The Bertz CT molecular complexity index is 1180. The number of nitrogens with one attached hydrogen (secondary N) is 1. The molecule has 3 aromatic rings. The van der Waals surface area contributed by atoms with E-state index in [0.29, 0.717) is 47.5 Å². The van der Waals surface area contributed by atoms with Crippen LogP contribution in [0.1, 0.15) is 6.42 Å². The van der Waals surface area contributed by atoms with E-state index in [2.05, 4.69) is 15.3 Å². The number of aromatic nitrogens is 2. The molecule has 1 saturated heterocycles. The maximum absolute atomic E-state index is 12.7. The van der Waals surface area contributed by atoms with E-state index in [4.69, 9.17) is 9.47 Å². The molecule has 2 aromatic carbocycles. The summed E-state index contributed by atoms with van der Waals surface area (Å²) in [4.78, 5) is 35.4. The fourth-order valence-corrected chi connectivity index (χ4v) is 3.76. The summed E-state index contributed by atoms with van der Waals surface area (Å²) in [5.74, 6) is 0.899.